The van der Waals surface area contributed by atoms with Crippen LogP contribution in [0, 0.1) is 17.2 Å². The largest absolute Gasteiger partial charge is 0.416 e. The molecule has 2 nitrogen and oxygen atoms in total. The maximum absolute atomic E-state index is 13.9. The molecule has 8 heteroatoms. The summed E-state index contributed by atoms with van der Waals surface area (Å²) in [6.07, 6.45) is -9.27. The third kappa shape index (κ3) is 6.12. The van der Waals surface area contributed by atoms with Crippen molar-refractivity contribution in [3.63, 3.8) is 0 Å². The Hall–Kier alpha value is -2.53. The fraction of sp³-hybridized carbons (Fsp3) is 0.500. The monoisotopic (exact) mass is 484 g/mol. The van der Waals surface area contributed by atoms with Gasteiger partial charge >= 0.3 is 12.4 Å². The highest BCUT2D eigenvalue weighted by atomic mass is 19.4. The summed E-state index contributed by atoms with van der Waals surface area (Å²) in [5, 5.41) is 10.1. The van der Waals surface area contributed by atoms with Crippen LogP contribution in [0.3, 0.4) is 0 Å². The molecule has 0 aliphatic rings. The molecule has 0 radical (unpaired) electrons. The highest BCUT2D eigenvalue weighted by Crippen LogP contribution is 2.49. The minimum atomic E-state index is -5.03. The van der Waals surface area contributed by atoms with E-state index in [9.17, 15) is 31.6 Å². The Morgan fingerprint density at radius 3 is 1.82 bits per heavy atom. The molecule has 2 aromatic carbocycles. The van der Waals surface area contributed by atoms with Gasteiger partial charge in [0.05, 0.1) is 22.6 Å². The number of alkyl halides is 6. The second-order valence-corrected chi connectivity index (χ2v) is 8.96. The van der Waals surface area contributed by atoms with Crippen LogP contribution in [0.4, 0.5) is 26.3 Å². The average molecular weight is 485 g/mol. The second-order valence-electron chi connectivity index (χ2n) is 8.96. The van der Waals surface area contributed by atoms with E-state index in [0.717, 1.165) is 11.6 Å². The zero-order valence-corrected chi connectivity index (χ0v) is 19.8. The van der Waals surface area contributed by atoms with Crippen LogP contribution in [0.2, 0.25) is 0 Å². The molecule has 34 heavy (non-hydrogen) atoms. The molecule has 2 unspecified atom stereocenters. The molecule has 0 fully saturated rings. The van der Waals surface area contributed by atoms with E-state index in [2.05, 4.69) is 0 Å². The standard InChI is InChI=1S/C26H30F6N2/c1-5-20(34(4)16-19-10-7-6-8-11-19)14-15-24(17-33,18(2)3)23-21(25(27,28)29)12-9-13-22(23)26(30,31)32/h6-13,18,20H,5,14-16H2,1-4H3. The van der Waals surface area contributed by atoms with Crippen molar-refractivity contribution in [1.29, 1.82) is 5.26 Å². The first-order valence-electron chi connectivity index (χ1n) is 11.2. The maximum Gasteiger partial charge on any atom is 0.416 e. The third-order valence-electron chi connectivity index (χ3n) is 6.55. The van der Waals surface area contributed by atoms with Crippen molar-refractivity contribution < 1.29 is 26.3 Å². The van der Waals surface area contributed by atoms with Gasteiger partial charge in [-0.25, -0.2) is 0 Å². The van der Waals surface area contributed by atoms with Gasteiger partial charge in [-0.15, -0.1) is 0 Å². The van der Waals surface area contributed by atoms with Gasteiger partial charge < -0.3 is 0 Å². The average Bonchev–Trinajstić information content (AvgIpc) is 2.76. The predicted molar refractivity (Wildman–Crippen MR) is 120 cm³/mol. The summed E-state index contributed by atoms with van der Waals surface area (Å²) in [6.45, 7) is 5.50. The topological polar surface area (TPSA) is 27.0 Å². The van der Waals surface area contributed by atoms with Crippen LogP contribution in [0.5, 0.6) is 0 Å². The minimum absolute atomic E-state index is 0.126. The summed E-state index contributed by atoms with van der Waals surface area (Å²) in [5.74, 6) is -0.779. The summed E-state index contributed by atoms with van der Waals surface area (Å²) in [7, 11) is 1.87. The lowest BCUT2D eigenvalue weighted by Gasteiger charge is -2.37. The predicted octanol–water partition coefficient (Wildman–Crippen LogP) is 7.83. The van der Waals surface area contributed by atoms with Crippen LogP contribution in [-0.4, -0.2) is 18.0 Å². The lowest BCUT2D eigenvalue weighted by atomic mass is 9.66. The molecule has 0 saturated carbocycles. The molecular weight excluding hydrogens is 454 g/mol. The molecule has 0 aliphatic carbocycles. The summed E-state index contributed by atoms with van der Waals surface area (Å²) < 4.78 is 83.4. The number of nitriles is 1. The Morgan fingerprint density at radius 1 is 0.882 bits per heavy atom. The normalized spacial score (nSPS) is 15.3. The van der Waals surface area contributed by atoms with Gasteiger partial charge in [-0.2, -0.15) is 31.6 Å². The van der Waals surface area contributed by atoms with Gasteiger partial charge in [0, 0.05) is 12.6 Å². The van der Waals surface area contributed by atoms with Crippen LogP contribution in [0.15, 0.2) is 48.5 Å². The van der Waals surface area contributed by atoms with Crippen molar-refractivity contribution in [3.05, 3.63) is 70.8 Å². The summed E-state index contributed by atoms with van der Waals surface area (Å²) in [4.78, 5) is 2.03. The van der Waals surface area contributed by atoms with Gasteiger partial charge in [0.2, 0.25) is 0 Å². The van der Waals surface area contributed by atoms with Crippen molar-refractivity contribution >= 4 is 0 Å². The zero-order chi connectivity index (χ0) is 25.7. The van der Waals surface area contributed by atoms with E-state index in [4.69, 9.17) is 0 Å². The molecule has 186 valence electrons. The minimum Gasteiger partial charge on any atom is -0.299 e. The molecule has 2 atom stereocenters. The first kappa shape index (κ1) is 27.7. The van der Waals surface area contributed by atoms with Crippen LogP contribution in [0.25, 0.3) is 0 Å². The summed E-state index contributed by atoms with van der Waals surface area (Å²) >= 11 is 0. The molecule has 0 N–H and O–H groups in total. The lowest BCUT2D eigenvalue weighted by molar-refractivity contribution is -0.145. The number of benzene rings is 2. The molecule has 0 saturated heterocycles. The quantitative estimate of drug-likeness (QED) is 0.339. The molecule has 0 amide bonds. The van der Waals surface area contributed by atoms with Crippen LogP contribution < -0.4 is 0 Å². The molecule has 0 aliphatic heterocycles. The van der Waals surface area contributed by atoms with Gasteiger partial charge in [-0.3, -0.25) is 4.90 Å². The molecule has 2 aromatic rings. The third-order valence-corrected chi connectivity index (χ3v) is 6.55. The van der Waals surface area contributed by atoms with Crippen LogP contribution in [0.1, 0.15) is 62.3 Å². The van der Waals surface area contributed by atoms with Crippen molar-refractivity contribution in [3.8, 4) is 6.07 Å². The Labute approximate surface area is 197 Å². The molecule has 2 rings (SSSR count). The number of halogens is 6. The van der Waals surface area contributed by atoms with E-state index >= 15 is 0 Å². The summed E-state index contributed by atoms with van der Waals surface area (Å²) in [6, 6.07) is 13.4. The first-order valence-corrected chi connectivity index (χ1v) is 11.2. The zero-order valence-electron chi connectivity index (χ0n) is 19.8. The smallest absolute Gasteiger partial charge is 0.299 e. The Balaban J connectivity index is 2.52. The van der Waals surface area contributed by atoms with Crippen molar-refractivity contribution in [1.82, 2.24) is 4.90 Å². The van der Waals surface area contributed by atoms with E-state index in [-0.39, 0.29) is 18.9 Å². The van der Waals surface area contributed by atoms with Gasteiger partial charge in [0.25, 0.3) is 0 Å². The lowest BCUT2D eigenvalue weighted by Crippen LogP contribution is -2.39. The van der Waals surface area contributed by atoms with E-state index in [1.807, 2.05) is 55.3 Å². The fourth-order valence-electron chi connectivity index (χ4n) is 4.58. The molecule has 0 bridgehead atoms. The maximum atomic E-state index is 13.9. The van der Waals surface area contributed by atoms with Crippen molar-refractivity contribution in [2.24, 2.45) is 5.92 Å². The number of rotatable bonds is 9. The van der Waals surface area contributed by atoms with Crippen LogP contribution >= 0.6 is 0 Å². The van der Waals surface area contributed by atoms with Gasteiger partial charge in [0.1, 0.15) is 0 Å². The summed E-state index contributed by atoms with van der Waals surface area (Å²) in [5.41, 5.74) is -4.68. The Bertz CT molecular complexity index is 943. The fourth-order valence-corrected chi connectivity index (χ4v) is 4.58. The van der Waals surface area contributed by atoms with Crippen molar-refractivity contribution in [2.75, 3.05) is 7.05 Å². The molecule has 0 aromatic heterocycles. The highest BCUT2D eigenvalue weighted by Gasteiger charge is 2.49. The van der Waals surface area contributed by atoms with Gasteiger partial charge in [-0.05, 0) is 55.5 Å². The van der Waals surface area contributed by atoms with Crippen molar-refractivity contribution in [2.45, 2.75) is 70.4 Å². The van der Waals surface area contributed by atoms with Gasteiger partial charge in [0.15, 0.2) is 0 Å². The Kier molecular flexibility index (Phi) is 8.81. The molecular formula is C26H30F6N2. The number of nitrogens with zero attached hydrogens (tertiary/aromatic N) is 2. The van der Waals surface area contributed by atoms with E-state index in [1.54, 1.807) is 0 Å². The van der Waals surface area contributed by atoms with E-state index in [0.29, 0.717) is 25.1 Å². The molecule has 0 heterocycles. The SMILES string of the molecule is CCC(CCC(C#N)(c1c(C(F)(F)F)cccc1C(F)(F)F)C(C)C)N(C)Cc1ccccc1. The van der Waals surface area contributed by atoms with Crippen LogP contribution in [-0.2, 0) is 24.3 Å². The first-order chi connectivity index (χ1) is 15.8. The number of hydrogen-bond acceptors (Lipinski definition) is 2. The Morgan fingerprint density at radius 2 is 1.41 bits per heavy atom. The molecule has 0 spiro atoms. The second kappa shape index (κ2) is 10.8. The highest BCUT2D eigenvalue weighted by molar-refractivity contribution is 5.48. The van der Waals surface area contributed by atoms with E-state index < -0.39 is 40.4 Å². The van der Waals surface area contributed by atoms with Gasteiger partial charge in [-0.1, -0.05) is 57.2 Å². The number of hydrogen-bond donors (Lipinski definition) is 0. The van der Waals surface area contributed by atoms with E-state index in [1.165, 1.54) is 13.8 Å².